The first-order valence-electron chi connectivity index (χ1n) is 17.7. The fraction of sp³-hybridized carbons (Fsp3) is 0.524. The van der Waals surface area contributed by atoms with Gasteiger partial charge in [0.1, 0.15) is 11.5 Å². The van der Waals surface area contributed by atoms with Crippen molar-refractivity contribution >= 4 is 0 Å². The highest BCUT2D eigenvalue weighted by Gasteiger charge is 2.41. The Morgan fingerprint density at radius 3 is 1.40 bits per heavy atom. The van der Waals surface area contributed by atoms with Crippen LogP contribution in [0, 0.1) is 11.8 Å². The molecule has 4 atom stereocenters. The fourth-order valence-electron chi connectivity index (χ4n) is 6.90. The third-order valence-electron chi connectivity index (χ3n) is 9.55. The van der Waals surface area contributed by atoms with Gasteiger partial charge in [0.15, 0.2) is 0 Å². The molecule has 5 heteroatoms. The molecule has 0 amide bonds. The van der Waals surface area contributed by atoms with Gasteiger partial charge in [0, 0.05) is 49.4 Å². The highest BCUT2D eigenvalue weighted by molar-refractivity contribution is 5.48. The van der Waals surface area contributed by atoms with Gasteiger partial charge in [-0.2, -0.15) is 0 Å². The van der Waals surface area contributed by atoms with Gasteiger partial charge in [-0.25, -0.2) is 0 Å². The molecule has 2 aromatic rings. The number of hydrogen-bond donors (Lipinski definition) is 0. The van der Waals surface area contributed by atoms with Crippen LogP contribution in [0.2, 0.25) is 0 Å². The predicted molar refractivity (Wildman–Crippen MR) is 194 cm³/mol. The highest BCUT2D eigenvalue weighted by atomic mass is 16.5. The van der Waals surface area contributed by atoms with Crippen molar-refractivity contribution in [3.63, 3.8) is 0 Å². The molecule has 0 saturated heterocycles. The number of benzene rings is 2. The lowest BCUT2D eigenvalue weighted by molar-refractivity contribution is 0.0620. The molecule has 0 aromatic heterocycles. The Morgan fingerprint density at radius 1 is 0.574 bits per heavy atom. The maximum absolute atomic E-state index is 6.37. The molecule has 256 valence electrons. The maximum Gasteiger partial charge on any atom is 0.123 e. The zero-order valence-corrected chi connectivity index (χ0v) is 29.7. The van der Waals surface area contributed by atoms with Crippen LogP contribution in [0.5, 0.6) is 11.5 Å². The summed E-state index contributed by atoms with van der Waals surface area (Å²) in [5, 5.41) is 0. The lowest BCUT2D eigenvalue weighted by Gasteiger charge is -2.39. The van der Waals surface area contributed by atoms with Gasteiger partial charge < -0.3 is 23.7 Å². The lowest BCUT2D eigenvalue weighted by atomic mass is 9.69. The molecule has 4 rings (SSSR count). The molecule has 0 heterocycles. The summed E-state index contributed by atoms with van der Waals surface area (Å²) in [6, 6.07) is 16.9. The zero-order valence-electron chi connectivity index (χ0n) is 29.7. The fourth-order valence-corrected chi connectivity index (χ4v) is 6.90. The minimum atomic E-state index is -0.324. The second-order valence-electron chi connectivity index (χ2n) is 13.8. The van der Waals surface area contributed by atoms with Crippen molar-refractivity contribution in [1.82, 2.24) is 0 Å². The number of ether oxygens (including phenoxy) is 5. The Hall–Kier alpha value is -3.12. The van der Waals surface area contributed by atoms with Crippen molar-refractivity contribution in [1.29, 1.82) is 0 Å². The molecule has 2 aliphatic carbocycles. The number of para-hydroxylation sites is 2. The third kappa shape index (κ3) is 9.49. The lowest BCUT2D eigenvalue weighted by Crippen LogP contribution is -2.40. The SMILES string of the molecule is COC1C=CC=CC1(CCCOCCCC1(c2ccccc2OCCC(C)C)C=CC=CC1OC)c1ccccc1OCCC(C)C. The van der Waals surface area contributed by atoms with E-state index in [2.05, 4.69) is 125 Å². The van der Waals surface area contributed by atoms with Gasteiger partial charge in [-0.15, -0.1) is 0 Å². The van der Waals surface area contributed by atoms with Crippen LogP contribution in [-0.2, 0) is 25.0 Å². The first-order chi connectivity index (χ1) is 22.9. The Labute approximate surface area is 284 Å². The zero-order chi connectivity index (χ0) is 33.5. The minimum absolute atomic E-state index is 0.0813. The summed E-state index contributed by atoms with van der Waals surface area (Å²) in [5.74, 6) is 3.07. The van der Waals surface area contributed by atoms with E-state index in [4.69, 9.17) is 23.7 Å². The Balaban J connectivity index is 1.40. The van der Waals surface area contributed by atoms with Gasteiger partial charge in [-0.3, -0.25) is 0 Å². The van der Waals surface area contributed by atoms with Crippen molar-refractivity contribution in [2.75, 3.05) is 40.6 Å². The summed E-state index contributed by atoms with van der Waals surface area (Å²) in [6.07, 6.45) is 22.8. The van der Waals surface area contributed by atoms with E-state index in [-0.39, 0.29) is 23.0 Å². The first kappa shape index (κ1) is 36.7. The van der Waals surface area contributed by atoms with Crippen molar-refractivity contribution in [3.8, 4) is 11.5 Å². The molecule has 2 aliphatic rings. The Bertz CT molecular complexity index is 1240. The van der Waals surface area contributed by atoms with Crippen LogP contribution in [0.25, 0.3) is 0 Å². The summed E-state index contributed by atoms with van der Waals surface area (Å²) >= 11 is 0. The molecule has 47 heavy (non-hydrogen) atoms. The van der Waals surface area contributed by atoms with Crippen LogP contribution in [0.4, 0.5) is 0 Å². The third-order valence-corrected chi connectivity index (χ3v) is 9.55. The summed E-state index contributed by atoms with van der Waals surface area (Å²) in [5.41, 5.74) is 1.70. The Kier molecular flexibility index (Phi) is 14.4. The van der Waals surface area contributed by atoms with E-state index in [1.54, 1.807) is 14.2 Å². The van der Waals surface area contributed by atoms with E-state index < -0.39 is 0 Å². The minimum Gasteiger partial charge on any atom is -0.493 e. The van der Waals surface area contributed by atoms with Crippen LogP contribution >= 0.6 is 0 Å². The topological polar surface area (TPSA) is 46.2 Å². The summed E-state index contributed by atoms with van der Waals surface area (Å²) in [4.78, 5) is 0. The van der Waals surface area contributed by atoms with Crippen molar-refractivity contribution in [2.24, 2.45) is 11.8 Å². The molecule has 0 aliphatic heterocycles. The quantitative estimate of drug-likeness (QED) is 0.135. The van der Waals surface area contributed by atoms with Crippen LogP contribution < -0.4 is 9.47 Å². The molecule has 0 radical (unpaired) electrons. The van der Waals surface area contributed by atoms with Crippen LogP contribution in [0.3, 0.4) is 0 Å². The monoisotopic (exact) mass is 642 g/mol. The average Bonchev–Trinajstić information content (AvgIpc) is 3.08. The van der Waals surface area contributed by atoms with E-state index in [1.165, 1.54) is 11.1 Å². The second-order valence-corrected chi connectivity index (χ2v) is 13.8. The van der Waals surface area contributed by atoms with Crippen LogP contribution in [0.1, 0.15) is 77.3 Å². The number of methoxy groups -OCH3 is 2. The van der Waals surface area contributed by atoms with Gasteiger partial charge in [0.05, 0.1) is 25.4 Å². The number of allylic oxidation sites excluding steroid dienone is 4. The number of hydrogen-bond acceptors (Lipinski definition) is 5. The first-order valence-corrected chi connectivity index (χ1v) is 17.7. The van der Waals surface area contributed by atoms with E-state index in [9.17, 15) is 0 Å². The van der Waals surface area contributed by atoms with Crippen LogP contribution in [0.15, 0.2) is 97.1 Å². The summed E-state index contributed by atoms with van der Waals surface area (Å²) < 4.78 is 31.2. The van der Waals surface area contributed by atoms with Gasteiger partial charge in [0.2, 0.25) is 0 Å². The molecular formula is C42H58O5. The molecule has 4 unspecified atom stereocenters. The normalized spacial score (nSPS) is 23.6. The van der Waals surface area contributed by atoms with Gasteiger partial charge in [-0.1, -0.05) is 113 Å². The van der Waals surface area contributed by atoms with Gasteiger partial charge in [0.25, 0.3) is 0 Å². The van der Waals surface area contributed by atoms with E-state index in [1.807, 2.05) is 0 Å². The Morgan fingerprint density at radius 2 is 1.00 bits per heavy atom. The van der Waals surface area contributed by atoms with Crippen molar-refractivity contribution in [3.05, 3.63) is 108 Å². The van der Waals surface area contributed by atoms with E-state index in [0.717, 1.165) is 50.0 Å². The molecule has 0 saturated carbocycles. The smallest absolute Gasteiger partial charge is 0.123 e. The van der Waals surface area contributed by atoms with Crippen molar-refractivity contribution in [2.45, 2.75) is 89.3 Å². The van der Waals surface area contributed by atoms with E-state index in [0.29, 0.717) is 38.3 Å². The molecule has 0 bridgehead atoms. The second kappa shape index (κ2) is 18.4. The van der Waals surface area contributed by atoms with Crippen molar-refractivity contribution < 1.29 is 23.7 Å². The standard InChI is InChI=1S/C42H58O5/c1-33(2)23-31-46-37-19-9-7-17-35(37)41(25-13-11-21-39(41)43-5)27-15-29-45-30-16-28-42(26-14-12-22-40(42)44-6)36-18-8-10-20-38(36)47-32-24-34(3)4/h7-14,17-22,25-26,33-34,39-40H,15-16,23-24,27-32H2,1-6H3. The molecule has 5 nitrogen and oxygen atoms in total. The van der Waals surface area contributed by atoms with Gasteiger partial charge in [-0.05, 0) is 62.5 Å². The average molecular weight is 643 g/mol. The molecular weight excluding hydrogens is 584 g/mol. The largest absolute Gasteiger partial charge is 0.493 e. The van der Waals surface area contributed by atoms with Crippen LogP contribution in [-0.4, -0.2) is 52.9 Å². The highest BCUT2D eigenvalue weighted by Crippen LogP contribution is 2.44. The molecule has 0 spiro atoms. The molecule has 0 N–H and O–H groups in total. The predicted octanol–water partition coefficient (Wildman–Crippen LogP) is 9.57. The van der Waals surface area contributed by atoms with Gasteiger partial charge >= 0.3 is 0 Å². The number of rotatable bonds is 20. The van der Waals surface area contributed by atoms with E-state index >= 15 is 0 Å². The summed E-state index contributed by atoms with van der Waals surface area (Å²) in [6.45, 7) is 11.7. The maximum atomic E-state index is 6.37. The molecule has 2 aromatic carbocycles. The summed E-state index contributed by atoms with van der Waals surface area (Å²) in [7, 11) is 3.60. The molecule has 0 fully saturated rings.